The van der Waals surface area contributed by atoms with Crippen LogP contribution in [-0.2, 0) is 0 Å². The van der Waals surface area contributed by atoms with Gasteiger partial charge in [0.15, 0.2) is 0 Å². The van der Waals surface area contributed by atoms with Crippen LogP contribution in [0.2, 0.25) is 0 Å². The van der Waals surface area contributed by atoms with Crippen LogP contribution in [-0.4, -0.2) is 13.7 Å². The maximum atomic E-state index is 2.51. The van der Waals surface area contributed by atoms with Gasteiger partial charge in [-0.05, 0) is 111 Å². The Labute approximate surface area is 362 Å². The van der Waals surface area contributed by atoms with Gasteiger partial charge in [0.05, 0.1) is 38.8 Å². The van der Waals surface area contributed by atoms with Crippen molar-refractivity contribution in [2.45, 2.75) is 0 Å². The molecule has 0 aliphatic heterocycles. The van der Waals surface area contributed by atoms with Crippen molar-refractivity contribution in [3.63, 3.8) is 0 Å². The van der Waals surface area contributed by atoms with Crippen LogP contribution in [0.15, 0.2) is 224 Å². The van der Waals surface area contributed by atoms with Crippen LogP contribution < -0.4 is 0 Å². The van der Waals surface area contributed by atoms with Crippen molar-refractivity contribution in [1.29, 1.82) is 0 Å². The summed E-state index contributed by atoms with van der Waals surface area (Å²) >= 11 is 0. The molecule has 0 saturated heterocycles. The predicted octanol–water partition coefficient (Wildman–Crippen LogP) is 16.1. The highest BCUT2D eigenvalue weighted by Gasteiger charge is 2.22. The van der Waals surface area contributed by atoms with Crippen molar-refractivity contribution in [2.24, 2.45) is 0 Å². The first-order valence-corrected chi connectivity index (χ1v) is 21.8. The van der Waals surface area contributed by atoms with E-state index in [-0.39, 0.29) is 0 Å². The van der Waals surface area contributed by atoms with Crippen LogP contribution in [0.4, 0.5) is 0 Å². The Morgan fingerprint density at radius 1 is 0.206 bits per heavy atom. The zero-order chi connectivity index (χ0) is 41.2. The first kappa shape index (κ1) is 34.3. The molecule has 0 aliphatic rings. The summed E-state index contributed by atoms with van der Waals surface area (Å²) in [5.74, 6) is 0. The summed E-state index contributed by atoms with van der Waals surface area (Å²) < 4.78 is 7.38. The molecule has 0 fully saturated rings. The minimum atomic E-state index is 1.13. The third-order valence-corrected chi connectivity index (χ3v) is 13.6. The van der Waals surface area contributed by atoms with Crippen LogP contribution >= 0.6 is 0 Å². The van der Waals surface area contributed by atoms with Crippen molar-refractivity contribution >= 4 is 97.7 Å². The Hall–Kier alpha value is -8.40. The van der Waals surface area contributed by atoms with Gasteiger partial charge in [-0.25, -0.2) is 0 Å². The van der Waals surface area contributed by atoms with Crippen LogP contribution in [0.3, 0.4) is 0 Å². The van der Waals surface area contributed by atoms with E-state index in [4.69, 9.17) is 0 Å². The summed E-state index contributed by atoms with van der Waals surface area (Å²) in [6.07, 6.45) is 0. The largest absolute Gasteiger partial charge is 0.309 e. The molecule has 0 atom stereocenters. The number of rotatable bonds is 4. The molecular formula is C60H37N3. The lowest BCUT2D eigenvalue weighted by molar-refractivity contribution is 1.15. The molecule has 3 aromatic heterocycles. The minimum Gasteiger partial charge on any atom is -0.309 e. The molecule has 11 aromatic carbocycles. The summed E-state index contributed by atoms with van der Waals surface area (Å²) in [7, 11) is 0. The number of para-hydroxylation sites is 5. The molecule has 292 valence electrons. The van der Waals surface area contributed by atoms with E-state index in [1.165, 1.54) is 120 Å². The molecule has 0 aliphatic carbocycles. The molecule has 63 heavy (non-hydrogen) atoms. The Kier molecular flexibility index (Phi) is 7.11. The molecule has 3 heteroatoms. The molecular weight excluding hydrogens is 763 g/mol. The van der Waals surface area contributed by atoms with E-state index in [9.17, 15) is 0 Å². The van der Waals surface area contributed by atoms with Crippen molar-refractivity contribution < 1.29 is 0 Å². The molecule has 0 unspecified atom stereocenters. The quantitative estimate of drug-likeness (QED) is 0.158. The molecule has 14 rings (SSSR count). The van der Waals surface area contributed by atoms with E-state index in [0.717, 1.165) is 5.69 Å². The van der Waals surface area contributed by atoms with Gasteiger partial charge in [-0.15, -0.1) is 0 Å². The van der Waals surface area contributed by atoms with Crippen LogP contribution in [0.25, 0.3) is 126 Å². The lowest BCUT2D eigenvalue weighted by Gasteiger charge is -2.19. The Morgan fingerprint density at radius 2 is 0.571 bits per heavy atom. The maximum Gasteiger partial charge on any atom is 0.0567 e. The summed E-state index contributed by atoms with van der Waals surface area (Å²) in [5.41, 5.74) is 13.1. The zero-order valence-corrected chi connectivity index (χ0v) is 34.2. The lowest BCUT2D eigenvalue weighted by Crippen LogP contribution is -2.01. The molecule has 0 amide bonds. The number of benzene rings is 11. The standard InChI is InChI=1S/C60H37N3/c1-2-16-40(17-3-1)61-53-26-12-10-23-47(53)50-34-38(30-32-57(50)61)39-31-33-58-51(35-39)48-24-11-13-27-54(48)62(58)41-36-52-44-20-5-4-18-42(44)43-19-6-7-25-49(43)60(52)59(37-41)63-55-28-14-8-21-45(55)46-22-9-15-29-56(46)63/h1-37H. The van der Waals surface area contributed by atoms with E-state index in [2.05, 4.69) is 238 Å². The van der Waals surface area contributed by atoms with Crippen molar-refractivity contribution in [2.75, 3.05) is 0 Å². The summed E-state index contributed by atoms with van der Waals surface area (Å²) in [6, 6.07) is 82.9. The Balaban J connectivity index is 1.05. The van der Waals surface area contributed by atoms with Gasteiger partial charge in [0.25, 0.3) is 0 Å². The average Bonchev–Trinajstić information content (AvgIpc) is 3.99. The van der Waals surface area contributed by atoms with Gasteiger partial charge in [0.2, 0.25) is 0 Å². The normalized spacial score (nSPS) is 12.1. The molecule has 3 heterocycles. The second-order valence-electron chi connectivity index (χ2n) is 16.9. The minimum absolute atomic E-state index is 1.13. The lowest BCUT2D eigenvalue weighted by atomic mass is 9.92. The highest BCUT2D eigenvalue weighted by molar-refractivity contribution is 6.28. The van der Waals surface area contributed by atoms with Crippen LogP contribution in [0, 0.1) is 0 Å². The average molecular weight is 800 g/mol. The van der Waals surface area contributed by atoms with Gasteiger partial charge in [-0.2, -0.15) is 0 Å². The summed E-state index contributed by atoms with van der Waals surface area (Å²) in [6.45, 7) is 0. The second kappa shape index (κ2) is 13.1. The fourth-order valence-electron chi connectivity index (χ4n) is 10.9. The number of aromatic nitrogens is 3. The van der Waals surface area contributed by atoms with Gasteiger partial charge in [-0.1, -0.05) is 152 Å². The van der Waals surface area contributed by atoms with Crippen LogP contribution in [0.1, 0.15) is 0 Å². The Bertz CT molecular complexity index is 4150. The van der Waals surface area contributed by atoms with E-state index >= 15 is 0 Å². The third kappa shape index (κ3) is 4.85. The highest BCUT2D eigenvalue weighted by atomic mass is 15.0. The van der Waals surface area contributed by atoms with Crippen LogP contribution in [0.5, 0.6) is 0 Å². The van der Waals surface area contributed by atoms with Crippen molar-refractivity contribution in [1.82, 2.24) is 13.7 Å². The predicted molar refractivity (Wildman–Crippen MR) is 267 cm³/mol. The maximum absolute atomic E-state index is 2.51. The molecule has 14 aromatic rings. The molecule has 0 spiro atoms. The number of hydrogen-bond acceptors (Lipinski definition) is 0. The Morgan fingerprint density at radius 3 is 1.10 bits per heavy atom. The van der Waals surface area contributed by atoms with E-state index in [1.807, 2.05) is 0 Å². The first-order valence-electron chi connectivity index (χ1n) is 21.8. The molecule has 0 N–H and O–H groups in total. The van der Waals surface area contributed by atoms with E-state index in [0.29, 0.717) is 0 Å². The van der Waals surface area contributed by atoms with Gasteiger partial charge in [-0.3, -0.25) is 0 Å². The fraction of sp³-hybridized carbons (Fsp3) is 0. The topological polar surface area (TPSA) is 14.8 Å². The molecule has 0 bridgehead atoms. The second-order valence-corrected chi connectivity index (χ2v) is 16.9. The SMILES string of the molecule is c1ccc(-n2c3ccccc3c3cc(-c4ccc5c(c4)c4ccccc4n5-c4cc(-n5c6ccccc6c6ccccc65)c5c6ccccc6c6ccccc6c5c4)ccc32)cc1. The molecule has 0 saturated carbocycles. The fourth-order valence-corrected chi connectivity index (χ4v) is 10.9. The zero-order valence-electron chi connectivity index (χ0n) is 34.2. The smallest absolute Gasteiger partial charge is 0.0567 e. The molecule has 0 radical (unpaired) electrons. The van der Waals surface area contributed by atoms with E-state index in [1.54, 1.807) is 0 Å². The monoisotopic (exact) mass is 799 g/mol. The van der Waals surface area contributed by atoms with Gasteiger partial charge in [0.1, 0.15) is 0 Å². The number of hydrogen-bond donors (Lipinski definition) is 0. The van der Waals surface area contributed by atoms with Gasteiger partial charge in [0, 0.05) is 49.1 Å². The first-order chi connectivity index (χ1) is 31.3. The molecule has 3 nitrogen and oxygen atoms in total. The van der Waals surface area contributed by atoms with Crippen molar-refractivity contribution in [3.05, 3.63) is 224 Å². The summed E-state index contributed by atoms with van der Waals surface area (Å²) in [5, 5.41) is 15.0. The summed E-state index contributed by atoms with van der Waals surface area (Å²) in [4.78, 5) is 0. The number of fused-ring (bicyclic) bond motifs is 15. The van der Waals surface area contributed by atoms with Gasteiger partial charge < -0.3 is 13.7 Å². The highest BCUT2D eigenvalue weighted by Crippen LogP contribution is 2.44. The number of nitrogens with zero attached hydrogens (tertiary/aromatic N) is 3. The van der Waals surface area contributed by atoms with Gasteiger partial charge >= 0.3 is 0 Å². The van der Waals surface area contributed by atoms with Crippen molar-refractivity contribution in [3.8, 4) is 28.2 Å². The third-order valence-electron chi connectivity index (χ3n) is 13.6. The van der Waals surface area contributed by atoms with E-state index < -0.39 is 0 Å².